The lowest BCUT2D eigenvalue weighted by molar-refractivity contribution is 0.0860. The molecule has 0 radical (unpaired) electrons. The lowest BCUT2D eigenvalue weighted by atomic mass is 10.1. The van der Waals surface area contributed by atoms with Crippen molar-refractivity contribution in [3.63, 3.8) is 0 Å². The smallest absolute Gasteiger partial charge is 0.315 e. The van der Waals surface area contributed by atoms with Gasteiger partial charge in [-0.1, -0.05) is 12.1 Å². The van der Waals surface area contributed by atoms with Gasteiger partial charge in [0.2, 0.25) is 0 Å². The van der Waals surface area contributed by atoms with Gasteiger partial charge in [0.25, 0.3) is 0 Å². The molecule has 3 rings (SSSR count). The number of carbonyl (C=O) groups excluding carboxylic acids is 1. The Hall–Kier alpha value is -2.34. The van der Waals surface area contributed by atoms with E-state index in [2.05, 4.69) is 15.7 Å². The van der Waals surface area contributed by atoms with E-state index < -0.39 is 0 Å². The van der Waals surface area contributed by atoms with Gasteiger partial charge in [-0.05, 0) is 43.5 Å². The van der Waals surface area contributed by atoms with E-state index in [0.717, 1.165) is 30.7 Å². The summed E-state index contributed by atoms with van der Waals surface area (Å²) in [5.41, 5.74) is 2.04. The van der Waals surface area contributed by atoms with Gasteiger partial charge >= 0.3 is 6.03 Å². The van der Waals surface area contributed by atoms with Gasteiger partial charge in [0.1, 0.15) is 0 Å². The van der Waals surface area contributed by atoms with Gasteiger partial charge in [-0.25, -0.2) is 9.48 Å². The molecule has 6 heteroatoms. The molecule has 1 saturated heterocycles. The number of ether oxygens (including phenoxy) is 1. The Labute approximate surface area is 135 Å². The molecule has 0 bridgehead atoms. The van der Waals surface area contributed by atoms with Crippen molar-refractivity contribution in [1.29, 1.82) is 0 Å². The molecule has 6 nitrogen and oxygen atoms in total. The molecule has 2 amide bonds. The summed E-state index contributed by atoms with van der Waals surface area (Å²) in [7, 11) is 0. The summed E-state index contributed by atoms with van der Waals surface area (Å²) in [6, 6.07) is 9.69. The fourth-order valence-electron chi connectivity index (χ4n) is 2.72. The van der Waals surface area contributed by atoms with Crippen LogP contribution in [0.1, 0.15) is 25.3 Å². The van der Waals surface area contributed by atoms with E-state index in [9.17, 15) is 4.79 Å². The van der Waals surface area contributed by atoms with Crippen LogP contribution in [-0.4, -0.2) is 34.6 Å². The summed E-state index contributed by atoms with van der Waals surface area (Å²) in [5, 5.41) is 10.0. The standard InChI is InChI=1S/C17H22N4O2/c1-13(16-4-2-11-23-16)20-17(22)18-12-14-5-7-15(8-6-14)21-10-3-9-19-21/h3,5-10,13,16H,2,4,11-12H2,1H3,(H2,18,20,22). The molecule has 0 aliphatic carbocycles. The zero-order valence-electron chi connectivity index (χ0n) is 13.2. The summed E-state index contributed by atoms with van der Waals surface area (Å²) in [6.45, 7) is 3.26. The van der Waals surface area contributed by atoms with Crippen molar-refractivity contribution in [2.75, 3.05) is 6.61 Å². The highest BCUT2D eigenvalue weighted by Gasteiger charge is 2.23. The normalized spacial score (nSPS) is 18.6. The first-order chi connectivity index (χ1) is 11.2. The Bertz CT molecular complexity index is 619. The molecule has 0 spiro atoms. The third kappa shape index (κ3) is 4.10. The number of aromatic nitrogens is 2. The maximum Gasteiger partial charge on any atom is 0.315 e. The number of carbonyl (C=O) groups is 1. The molecule has 2 unspecified atom stereocenters. The van der Waals surface area contributed by atoms with Gasteiger partial charge in [0.15, 0.2) is 0 Å². The molecular weight excluding hydrogens is 292 g/mol. The van der Waals surface area contributed by atoms with E-state index in [1.807, 2.05) is 43.5 Å². The highest BCUT2D eigenvalue weighted by molar-refractivity contribution is 5.74. The van der Waals surface area contributed by atoms with E-state index in [1.165, 1.54) is 0 Å². The van der Waals surface area contributed by atoms with Crippen molar-refractivity contribution in [3.05, 3.63) is 48.3 Å². The second-order valence-corrected chi connectivity index (χ2v) is 5.78. The predicted molar refractivity (Wildman–Crippen MR) is 87.4 cm³/mol. The monoisotopic (exact) mass is 314 g/mol. The third-order valence-corrected chi connectivity index (χ3v) is 4.04. The summed E-state index contributed by atoms with van der Waals surface area (Å²) >= 11 is 0. The van der Waals surface area contributed by atoms with Crippen LogP contribution in [-0.2, 0) is 11.3 Å². The van der Waals surface area contributed by atoms with Crippen LogP contribution in [0.5, 0.6) is 0 Å². The molecular formula is C17H22N4O2. The summed E-state index contributed by atoms with van der Waals surface area (Å²) in [5.74, 6) is 0. The number of benzene rings is 1. The van der Waals surface area contributed by atoms with Crippen LogP contribution in [0.25, 0.3) is 5.69 Å². The number of amides is 2. The molecule has 1 aliphatic rings. The van der Waals surface area contributed by atoms with Gasteiger partial charge in [-0.2, -0.15) is 5.10 Å². The summed E-state index contributed by atoms with van der Waals surface area (Å²) in [6.07, 6.45) is 5.86. The predicted octanol–water partition coefficient (Wildman–Crippen LogP) is 2.24. The SMILES string of the molecule is CC(NC(=O)NCc1ccc(-n2cccn2)cc1)C1CCCO1. The van der Waals surface area contributed by atoms with Crippen LogP contribution in [0.3, 0.4) is 0 Å². The van der Waals surface area contributed by atoms with Crippen LogP contribution >= 0.6 is 0 Å². The molecule has 2 N–H and O–H groups in total. The molecule has 2 aromatic rings. The maximum absolute atomic E-state index is 11.9. The van der Waals surface area contributed by atoms with E-state index in [-0.39, 0.29) is 18.2 Å². The molecule has 1 aliphatic heterocycles. The maximum atomic E-state index is 11.9. The van der Waals surface area contributed by atoms with Crippen molar-refractivity contribution in [1.82, 2.24) is 20.4 Å². The fourth-order valence-corrected chi connectivity index (χ4v) is 2.72. The molecule has 23 heavy (non-hydrogen) atoms. The highest BCUT2D eigenvalue weighted by Crippen LogP contribution is 2.15. The number of nitrogens with one attached hydrogen (secondary N) is 2. The first kappa shape index (κ1) is 15.6. The largest absolute Gasteiger partial charge is 0.376 e. The zero-order chi connectivity index (χ0) is 16.1. The van der Waals surface area contributed by atoms with Crippen molar-refractivity contribution in [3.8, 4) is 5.69 Å². The first-order valence-corrected chi connectivity index (χ1v) is 7.97. The number of nitrogens with zero attached hydrogens (tertiary/aromatic N) is 2. The van der Waals surface area contributed by atoms with Crippen LogP contribution in [0.4, 0.5) is 4.79 Å². The molecule has 122 valence electrons. The number of urea groups is 1. The van der Waals surface area contributed by atoms with E-state index >= 15 is 0 Å². The Morgan fingerprint density at radius 2 is 2.26 bits per heavy atom. The molecule has 1 fully saturated rings. The summed E-state index contributed by atoms with van der Waals surface area (Å²) in [4.78, 5) is 11.9. The Balaban J connectivity index is 1.47. The van der Waals surface area contributed by atoms with Gasteiger partial charge in [0, 0.05) is 25.5 Å². The molecule has 1 aromatic carbocycles. The van der Waals surface area contributed by atoms with Gasteiger partial charge in [0.05, 0.1) is 17.8 Å². The van der Waals surface area contributed by atoms with Crippen molar-refractivity contribution in [2.45, 2.75) is 38.5 Å². The minimum absolute atomic E-state index is 0.0275. The minimum atomic E-state index is -0.163. The third-order valence-electron chi connectivity index (χ3n) is 4.04. The number of rotatable bonds is 5. The fraction of sp³-hybridized carbons (Fsp3) is 0.412. The number of hydrogen-bond donors (Lipinski definition) is 2. The highest BCUT2D eigenvalue weighted by atomic mass is 16.5. The Morgan fingerprint density at radius 3 is 2.91 bits per heavy atom. The summed E-state index contributed by atoms with van der Waals surface area (Å²) < 4.78 is 7.38. The lowest BCUT2D eigenvalue weighted by Gasteiger charge is -2.20. The van der Waals surface area contributed by atoms with Crippen LogP contribution < -0.4 is 10.6 Å². The molecule has 2 heterocycles. The first-order valence-electron chi connectivity index (χ1n) is 7.97. The van der Waals surface area contributed by atoms with Crippen LogP contribution in [0, 0.1) is 0 Å². The van der Waals surface area contributed by atoms with Gasteiger partial charge in [-0.3, -0.25) is 0 Å². The quantitative estimate of drug-likeness (QED) is 0.889. The van der Waals surface area contributed by atoms with Crippen LogP contribution in [0.2, 0.25) is 0 Å². The van der Waals surface area contributed by atoms with Crippen molar-refractivity contribution < 1.29 is 9.53 Å². The van der Waals surface area contributed by atoms with Gasteiger partial charge in [-0.15, -0.1) is 0 Å². The molecule has 1 aromatic heterocycles. The van der Waals surface area contributed by atoms with Crippen molar-refractivity contribution >= 4 is 6.03 Å². The second-order valence-electron chi connectivity index (χ2n) is 5.78. The minimum Gasteiger partial charge on any atom is -0.376 e. The second kappa shape index (κ2) is 7.28. The average molecular weight is 314 g/mol. The van der Waals surface area contributed by atoms with Crippen LogP contribution in [0.15, 0.2) is 42.7 Å². The van der Waals surface area contributed by atoms with Gasteiger partial charge < -0.3 is 15.4 Å². The van der Waals surface area contributed by atoms with E-state index in [1.54, 1.807) is 10.9 Å². The van der Waals surface area contributed by atoms with E-state index in [4.69, 9.17) is 4.74 Å². The topological polar surface area (TPSA) is 68.2 Å². The molecule has 2 atom stereocenters. The zero-order valence-corrected chi connectivity index (χ0v) is 13.2. The van der Waals surface area contributed by atoms with E-state index in [0.29, 0.717) is 6.54 Å². The van der Waals surface area contributed by atoms with Crippen molar-refractivity contribution in [2.24, 2.45) is 0 Å². The Kier molecular flexibility index (Phi) is 4.92. The Morgan fingerprint density at radius 1 is 1.43 bits per heavy atom. The number of hydrogen-bond acceptors (Lipinski definition) is 3. The lowest BCUT2D eigenvalue weighted by Crippen LogP contribution is -2.45. The average Bonchev–Trinajstić information content (AvgIpc) is 3.26. The molecule has 0 saturated carbocycles.